The number of nitrogens with one attached hydrogen (secondary N) is 1. The number of hydrogen-bond acceptors (Lipinski definition) is 3. The molecule has 72 valence electrons. The van der Waals surface area contributed by atoms with Gasteiger partial charge < -0.3 is 15.8 Å². The third-order valence-corrected chi connectivity index (χ3v) is 2.01. The van der Waals surface area contributed by atoms with Gasteiger partial charge in [-0.3, -0.25) is 4.79 Å². The van der Waals surface area contributed by atoms with Gasteiger partial charge in [-0.25, -0.2) is 0 Å². The lowest BCUT2D eigenvalue weighted by Crippen LogP contribution is -2.16. The zero-order valence-corrected chi connectivity index (χ0v) is 7.58. The quantitative estimate of drug-likeness (QED) is 0.618. The molecular formula is C9H14N2O2. The molecule has 1 heterocycles. The number of H-pyrrole nitrogens is 1. The topological polar surface area (TPSA) is 79.1 Å². The highest BCUT2D eigenvalue weighted by Gasteiger charge is 2.07. The molecule has 0 aliphatic heterocycles. The molecule has 0 saturated carbocycles. The fourth-order valence-corrected chi connectivity index (χ4v) is 1.28. The van der Waals surface area contributed by atoms with Crippen LogP contribution in [0.25, 0.3) is 0 Å². The summed E-state index contributed by atoms with van der Waals surface area (Å²) in [5.74, 6) is 0. The van der Waals surface area contributed by atoms with Crippen LogP contribution >= 0.6 is 0 Å². The van der Waals surface area contributed by atoms with Crippen LogP contribution in [0.5, 0.6) is 0 Å². The van der Waals surface area contributed by atoms with Crippen LogP contribution in [0, 0.1) is 6.92 Å². The molecule has 4 nitrogen and oxygen atoms in total. The molecule has 0 aliphatic rings. The Hall–Kier alpha value is -1.13. The molecule has 4 heteroatoms. The molecule has 1 atom stereocenters. The molecule has 0 spiro atoms. The van der Waals surface area contributed by atoms with Crippen LogP contribution in [0.4, 0.5) is 0 Å². The van der Waals surface area contributed by atoms with Crippen LogP contribution in [0.15, 0.2) is 17.1 Å². The van der Waals surface area contributed by atoms with Gasteiger partial charge in [0.2, 0.25) is 5.56 Å². The van der Waals surface area contributed by atoms with E-state index in [-0.39, 0.29) is 18.2 Å². The minimum atomic E-state index is -0.207. The van der Waals surface area contributed by atoms with Gasteiger partial charge in [-0.15, -0.1) is 0 Å². The molecule has 0 saturated heterocycles. The molecule has 0 aliphatic carbocycles. The summed E-state index contributed by atoms with van der Waals surface area (Å²) in [7, 11) is 0. The SMILES string of the molecule is Cc1cc(=O)[nH]cc1[C@@H](N)CCO. The zero-order chi connectivity index (χ0) is 9.84. The molecule has 0 aromatic carbocycles. The predicted octanol–water partition coefficient (Wildman–Crippen LogP) is 0.0655. The van der Waals surface area contributed by atoms with E-state index < -0.39 is 0 Å². The molecule has 0 fully saturated rings. The van der Waals surface area contributed by atoms with Gasteiger partial charge >= 0.3 is 0 Å². The Morgan fingerprint density at radius 3 is 2.92 bits per heavy atom. The van der Waals surface area contributed by atoms with E-state index in [9.17, 15) is 4.79 Å². The molecule has 1 aromatic rings. The molecule has 1 aromatic heterocycles. The fraction of sp³-hybridized carbons (Fsp3) is 0.444. The van der Waals surface area contributed by atoms with Crippen LogP contribution in [-0.4, -0.2) is 16.7 Å². The molecule has 0 radical (unpaired) electrons. The van der Waals surface area contributed by atoms with E-state index >= 15 is 0 Å². The van der Waals surface area contributed by atoms with Crippen molar-refractivity contribution in [1.29, 1.82) is 0 Å². The minimum absolute atomic E-state index is 0.0553. The third kappa shape index (κ3) is 2.40. The van der Waals surface area contributed by atoms with Gasteiger partial charge in [0, 0.05) is 24.9 Å². The van der Waals surface area contributed by atoms with Gasteiger partial charge in [-0.1, -0.05) is 0 Å². The lowest BCUT2D eigenvalue weighted by Gasteiger charge is -2.12. The van der Waals surface area contributed by atoms with Gasteiger partial charge in [0.15, 0.2) is 0 Å². The van der Waals surface area contributed by atoms with E-state index in [1.807, 2.05) is 6.92 Å². The highest BCUT2D eigenvalue weighted by Crippen LogP contribution is 2.14. The summed E-state index contributed by atoms with van der Waals surface area (Å²) in [5, 5.41) is 8.69. The maximum Gasteiger partial charge on any atom is 0.248 e. The van der Waals surface area contributed by atoms with E-state index in [0.717, 1.165) is 11.1 Å². The standard InChI is InChI=1S/C9H14N2O2/c1-6-4-9(13)11-5-7(6)8(10)2-3-12/h4-5,8,12H,2-3,10H2,1H3,(H,11,13)/t8-/m0/s1. The second-order valence-electron chi connectivity index (χ2n) is 3.05. The summed E-state index contributed by atoms with van der Waals surface area (Å²) in [6, 6.07) is 1.30. The number of nitrogens with two attached hydrogens (primary N) is 1. The van der Waals surface area contributed by atoms with Crippen LogP contribution in [0.2, 0.25) is 0 Å². The fourth-order valence-electron chi connectivity index (χ4n) is 1.28. The monoisotopic (exact) mass is 182 g/mol. The first-order valence-corrected chi connectivity index (χ1v) is 4.21. The average Bonchev–Trinajstić information content (AvgIpc) is 2.04. The maximum atomic E-state index is 10.9. The normalized spacial score (nSPS) is 12.8. The summed E-state index contributed by atoms with van der Waals surface area (Å²) >= 11 is 0. The molecular weight excluding hydrogens is 168 g/mol. The summed E-state index contributed by atoms with van der Waals surface area (Å²) in [4.78, 5) is 13.4. The highest BCUT2D eigenvalue weighted by molar-refractivity contribution is 5.24. The summed E-state index contributed by atoms with van der Waals surface area (Å²) in [6.45, 7) is 1.89. The Bertz CT molecular complexity index is 333. The Labute approximate surface area is 76.4 Å². The number of rotatable bonds is 3. The molecule has 0 amide bonds. The summed E-state index contributed by atoms with van der Waals surface area (Å²) in [6.07, 6.45) is 2.12. The predicted molar refractivity (Wildman–Crippen MR) is 50.4 cm³/mol. The summed E-state index contributed by atoms with van der Waals surface area (Å²) in [5.41, 5.74) is 7.40. The first-order valence-electron chi connectivity index (χ1n) is 4.21. The third-order valence-electron chi connectivity index (χ3n) is 2.01. The number of aliphatic hydroxyl groups excluding tert-OH is 1. The van der Waals surface area contributed by atoms with Gasteiger partial charge in [-0.2, -0.15) is 0 Å². The van der Waals surface area contributed by atoms with Gasteiger partial charge in [0.25, 0.3) is 0 Å². The molecule has 4 N–H and O–H groups in total. The first kappa shape index (κ1) is 9.95. The molecule has 1 rings (SSSR count). The average molecular weight is 182 g/mol. The van der Waals surface area contributed by atoms with Crippen molar-refractivity contribution in [2.75, 3.05) is 6.61 Å². The number of aromatic nitrogens is 1. The smallest absolute Gasteiger partial charge is 0.248 e. The van der Waals surface area contributed by atoms with Gasteiger partial charge in [0.1, 0.15) is 0 Å². The Morgan fingerprint density at radius 2 is 2.38 bits per heavy atom. The van der Waals surface area contributed by atoms with Crippen molar-refractivity contribution in [2.24, 2.45) is 5.73 Å². The van der Waals surface area contributed by atoms with E-state index in [1.54, 1.807) is 6.20 Å². The Kier molecular flexibility index (Phi) is 3.22. The van der Waals surface area contributed by atoms with E-state index in [4.69, 9.17) is 10.8 Å². The molecule has 0 unspecified atom stereocenters. The zero-order valence-electron chi connectivity index (χ0n) is 7.58. The highest BCUT2D eigenvalue weighted by atomic mass is 16.3. The van der Waals surface area contributed by atoms with Crippen molar-refractivity contribution in [2.45, 2.75) is 19.4 Å². The molecule has 13 heavy (non-hydrogen) atoms. The van der Waals surface area contributed by atoms with E-state index in [1.165, 1.54) is 6.07 Å². The van der Waals surface area contributed by atoms with Gasteiger partial charge in [0.05, 0.1) is 0 Å². The van der Waals surface area contributed by atoms with Crippen LogP contribution in [0.3, 0.4) is 0 Å². The number of aryl methyl sites for hydroxylation is 1. The number of aliphatic hydroxyl groups is 1. The molecule has 0 bridgehead atoms. The Balaban J connectivity index is 2.94. The number of hydrogen-bond donors (Lipinski definition) is 3. The van der Waals surface area contributed by atoms with Crippen molar-refractivity contribution in [1.82, 2.24) is 4.98 Å². The van der Waals surface area contributed by atoms with Crippen molar-refractivity contribution in [3.8, 4) is 0 Å². The van der Waals surface area contributed by atoms with Crippen molar-refractivity contribution in [3.05, 3.63) is 33.7 Å². The second kappa shape index (κ2) is 4.20. The van der Waals surface area contributed by atoms with Crippen LogP contribution < -0.4 is 11.3 Å². The number of pyridine rings is 1. The lowest BCUT2D eigenvalue weighted by atomic mass is 10.0. The minimum Gasteiger partial charge on any atom is -0.396 e. The summed E-state index contributed by atoms with van der Waals surface area (Å²) < 4.78 is 0. The van der Waals surface area contributed by atoms with Crippen LogP contribution in [-0.2, 0) is 0 Å². The van der Waals surface area contributed by atoms with Gasteiger partial charge in [-0.05, 0) is 24.5 Å². The largest absolute Gasteiger partial charge is 0.396 e. The van der Waals surface area contributed by atoms with Crippen molar-refractivity contribution in [3.63, 3.8) is 0 Å². The Morgan fingerprint density at radius 1 is 1.69 bits per heavy atom. The lowest BCUT2D eigenvalue weighted by molar-refractivity contribution is 0.276. The first-order chi connectivity index (χ1) is 6.15. The van der Waals surface area contributed by atoms with E-state index in [0.29, 0.717) is 6.42 Å². The number of aromatic amines is 1. The van der Waals surface area contributed by atoms with E-state index in [2.05, 4.69) is 4.98 Å². The maximum absolute atomic E-state index is 10.9. The van der Waals surface area contributed by atoms with Crippen molar-refractivity contribution < 1.29 is 5.11 Å². The van der Waals surface area contributed by atoms with Crippen molar-refractivity contribution >= 4 is 0 Å². The second-order valence-corrected chi connectivity index (χ2v) is 3.05. The van der Waals surface area contributed by atoms with Crippen LogP contribution in [0.1, 0.15) is 23.6 Å².